The van der Waals surface area contributed by atoms with Gasteiger partial charge >= 0.3 is 6.09 Å². The van der Waals surface area contributed by atoms with Gasteiger partial charge in [-0.3, -0.25) is 4.72 Å². The summed E-state index contributed by atoms with van der Waals surface area (Å²) in [5, 5.41) is 3.33. The second kappa shape index (κ2) is 10.7. The Labute approximate surface area is 217 Å². The number of benzene rings is 3. The molecule has 1 amide bonds. The molecule has 3 aromatic carbocycles. The van der Waals surface area contributed by atoms with E-state index in [0.717, 1.165) is 11.1 Å². The van der Waals surface area contributed by atoms with Crippen molar-refractivity contribution in [1.82, 2.24) is 10.3 Å². The van der Waals surface area contributed by atoms with Crippen LogP contribution in [0.15, 0.2) is 77.7 Å². The van der Waals surface area contributed by atoms with Crippen LogP contribution in [0.4, 0.5) is 10.5 Å². The largest absolute Gasteiger partial charge is 0.413 e. The molecule has 8 nitrogen and oxygen atoms in total. The first-order chi connectivity index (χ1) is 17.6. The molecule has 4 aromatic rings. The predicted molar refractivity (Wildman–Crippen MR) is 146 cm³/mol. The lowest BCUT2D eigenvalue weighted by Gasteiger charge is -2.19. The van der Waals surface area contributed by atoms with E-state index in [4.69, 9.17) is 9.47 Å². The van der Waals surface area contributed by atoms with Gasteiger partial charge in [0.1, 0.15) is 0 Å². The second-order valence-electron chi connectivity index (χ2n) is 9.64. The highest BCUT2D eigenvalue weighted by Gasteiger charge is 2.21. The van der Waals surface area contributed by atoms with E-state index in [-0.39, 0.29) is 16.2 Å². The van der Waals surface area contributed by atoms with E-state index >= 15 is 0 Å². The first-order valence-electron chi connectivity index (χ1n) is 11.9. The fourth-order valence-corrected chi connectivity index (χ4v) is 4.98. The van der Waals surface area contributed by atoms with Crippen LogP contribution in [0.5, 0.6) is 5.88 Å². The zero-order valence-corrected chi connectivity index (χ0v) is 22.1. The Morgan fingerprint density at radius 1 is 0.973 bits per heavy atom. The summed E-state index contributed by atoms with van der Waals surface area (Å²) in [5.74, 6) is 0.258. The molecule has 0 fully saturated rings. The number of rotatable bonds is 8. The number of sulfonamides is 1. The molecule has 3 N–H and O–H groups in total. The molecule has 0 saturated carbocycles. The number of fused-ring (bicyclic) bond motifs is 1. The van der Waals surface area contributed by atoms with Crippen molar-refractivity contribution in [3.63, 3.8) is 0 Å². The number of hydrogen-bond acceptors (Lipinski definition) is 5. The lowest BCUT2D eigenvalue weighted by Crippen LogP contribution is -2.30. The van der Waals surface area contributed by atoms with Crippen LogP contribution < -0.4 is 14.8 Å². The third kappa shape index (κ3) is 6.12. The van der Waals surface area contributed by atoms with E-state index in [1.54, 1.807) is 37.4 Å². The average molecular weight is 522 g/mol. The number of carbonyl (C=O) groups is 1. The summed E-state index contributed by atoms with van der Waals surface area (Å²) in [6, 6.07) is 21.5. The number of nitrogens with one attached hydrogen (secondary N) is 3. The van der Waals surface area contributed by atoms with Crippen molar-refractivity contribution in [2.24, 2.45) is 0 Å². The van der Waals surface area contributed by atoms with Gasteiger partial charge in [0.2, 0.25) is 5.88 Å². The van der Waals surface area contributed by atoms with Gasteiger partial charge in [-0.15, -0.1) is 0 Å². The van der Waals surface area contributed by atoms with E-state index in [9.17, 15) is 13.2 Å². The molecular formula is C28H31N3O5S. The van der Waals surface area contributed by atoms with Gasteiger partial charge in [0.15, 0.2) is 0 Å². The number of ether oxygens (including phenoxy) is 2. The maximum atomic E-state index is 13.1. The molecule has 1 aromatic heterocycles. The lowest BCUT2D eigenvalue weighted by atomic mass is 9.87. The van der Waals surface area contributed by atoms with Crippen LogP contribution in [0.1, 0.15) is 26.3 Å². The van der Waals surface area contributed by atoms with Gasteiger partial charge in [0.25, 0.3) is 10.0 Å². The molecule has 0 saturated heterocycles. The molecular weight excluding hydrogens is 490 g/mol. The summed E-state index contributed by atoms with van der Waals surface area (Å²) in [6.45, 7) is 6.89. The van der Waals surface area contributed by atoms with E-state index in [2.05, 4.69) is 35.8 Å². The standard InChI is InChI=1S/C28H31N3O5S/c1-28(2,3)20-10-13-22(14-11-20)37(33,34)31-21-12-15-24-23(18-21)25(19-8-6-5-7-9-19)26(30-24)36-27(32)29-16-17-35-4/h5-15,18,30-31H,16-17H2,1-4H3,(H,29,32). The van der Waals surface area contributed by atoms with Gasteiger partial charge in [0, 0.05) is 30.2 Å². The Morgan fingerprint density at radius 3 is 2.32 bits per heavy atom. The van der Waals surface area contributed by atoms with Crippen LogP contribution in [0, 0.1) is 0 Å². The molecule has 0 atom stereocenters. The van der Waals surface area contributed by atoms with Crippen LogP contribution in [0.3, 0.4) is 0 Å². The molecule has 0 aliphatic carbocycles. The van der Waals surface area contributed by atoms with Crippen molar-refractivity contribution in [1.29, 1.82) is 0 Å². The molecule has 0 bridgehead atoms. The van der Waals surface area contributed by atoms with Crippen LogP contribution in [0.2, 0.25) is 0 Å². The lowest BCUT2D eigenvalue weighted by molar-refractivity contribution is 0.179. The molecule has 37 heavy (non-hydrogen) atoms. The summed E-state index contributed by atoms with van der Waals surface area (Å²) < 4.78 is 39.5. The van der Waals surface area contributed by atoms with Crippen molar-refractivity contribution in [2.45, 2.75) is 31.1 Å². The minimum atomic E-state index is -3.81. The highest BCUT2D eigenvalue weighted by Crippen LogP contribution is 2.39. The molecule has 0 spiro atoms. The van der Waals surface area contributed by atoms with Crippen LogP contribution in [-0.4, -0.2) is 39.8 Å². The smallest absolute Gasteiger partial charge is 0.393 e. The van der Waals surface area contributed by atoms with Gasteiger partial charge in [-0.25, -0.2) is 13.2 Å². The average Bonchev–Trinajstić information content (AvgIpc) is 3.21. The molecule has 0 aliphatic heterocycles. The number of hydrogen-bond donors (Lipinski definition) is 3. The Hall–Kier alpha value is -3.82. The number of amides is 1. The maximum Gasteiger partial charge on any atom is 0.413 e. The topological polar surface area (TPSA) is 110 Å². The molecule has 194 valence electrons. The third-order valence-corrected chi connectivity index (χ3v) is 7.28. The molecule has 1 heterocycles. The SMILES string of the molecule is COCCNC(=O)Oc1[nH]c2ccc(NS(=O)(=O)c3ccc(C(C)(C)C)cc3)cc2c1-c1ccccc1. The maximum absolute atomic E-state index is 13.1. The molecule has 0 unspecified atom stereocenters. The number of carbonyl (C=O) groups excluding carboxylic acids is 1. The summed E-state index contributed by atoms with van der Waals surface area (Å²) in [5.41, 5.74) is 3.50. The number of aromatic amines is 1. The van der Waals surface area contributed by atoms with E-state index in [0.29, 0.717) is 35.3 Å². The van der Waals surface area contributed by atoms with Gasteiger partial charge in [-0.1, -0.05) is 63.2 Å². The van der Waals surface area contributed by atoms with Crippen LogP contribution >= 0.6 is 0 Å². The Morgan fingerprint density at radius 2 is 1.68 bits per heavy atom. The quantitative estimate of drug-likeness (QED) is 0.259. The Kier molecular flexibility index (Phi) is 7.56. The first-order valence-corrected chi connectivity index (χ1v) is 13.4. The fourth-order valence-electron chi connectivity index (χ4n) is 3.93. The first kappa shape index (κ1) is 26.2. The van der Waals surface area contributed by atoms with Crippen molar-refractivity contribution in [3.05, 3.63) is 78.4 Å². The van der Waals surface area contributed by atoms with E-state index in [1.807, 2.05) is 42.5 Å². The Balaban J connectivity index is 1.68. The molecule has 9 heteroatoms. The summed E-state index contributed by atoms with van der Waals surface area (Å²) in [7, 11) is -2.27. The molecule has 4 rings (SSSR count). The zero-order chi connectivity index (χ0) is 26.6. The summed E-state index contributed by atoms with van der Waals surface area (Å²) >= 11 is 0. The highest BCUT2D eigenvalue weighted by molar-refractivity contribution is 7.92. The zero-order valence-electron chi connectivity index (χ0n) is 21.3. The van der Waals surface area contributed by atoms with Gasteiger partial charge in [-0.2, -0.15) is 0 Å². The van der Waals surface area contributed by atoms with Crippen molar-refractivity contribution >= 4 is 32.7 Å². The van der Waals surface area contributed by atoms with Crippen molar-refractivity contribution in [3.8, 4) is 17.0 Å². The van der Waals surface area contributed by atoms with Gasteiger partial charge < -0.3 is 19.8 Å². The Bertz CT molecular complexity index is 1490. The van der Waals surface area contributed by atoms with Gasteiger partial charge in [0.05, 0.1) is 17.1 Å². The van der Waals surface area contributed by atoms with Crippen LogP contribution in [-0.2, 0) is 20.2 Å². The minimum Gasteiger partial charge on any atom is -0.393 e. The van der Waals surface area contributed by atoms with Crippen LogP contribution in [0.25, 0.3) is 22.0 Å². The number of aromatic nitrogens is 1. The highest BCUT2D eigenvalue weighted by atomic mass is 32.2. The monoisotopic (exact) mass is 521 g/mol. The van der Waals surface area contributed by atoms with Crippen molar-refractivity contribution in [2.75, 3.05) is 25.0 Å². The van der Waals surface area contributed by atoms with E-state index < -0.39 is 16.1 Å². The number of H-pyrrole nitrogens is 1. The fraction of sp³-hybridized carbons (Fsp3) is 0.250. The van der Waals surface area contributed by atoms with E-state index in [1.165, 1.54) is 0 Å². The summed E-state index contributed by atoms with van der Waals surface area (Å²) in [4.78, 5) is 15.7. The third-order valence-electron chi connectivity index (χ3n) is 5.88. The molecule has 0 aliphatic rings. The van der Waals surface area contributed by atoms with Crippen molar-refractivity contribution < 1.29 is 22.7 Å². The number of anilines is 1. The minimum absolute atomic E-state index is 0.0800. The predicted octanol–water partition coefficient (Wildman–Crippen LogP) is 5.67. The molecule has 0 radical (unpaired) electrons. The normalized spacial score (nSPS) is 11.9. The van der Waals surface area contributed by atoms with Gasteiger partial charge in [-0.05, 0) is 46.9 Å². The number of methoxy groups -OCH3 is 1. The summed E-state index contributed by atoms with van der Waals surface area (Å²) in [6.07, 6.45) is -0.625. The second-order valence-corrected chi connectivity index (χ2v) is 11.3.